The minimum Gasteiger partial charge on any atom is -0.258 e. The van der Waals surface area contributed by atoms with Crippen LogP contribution in [-0.2, 0) is 0 Å². The number of allylic oxidation sites excluding steroid dienone is 1. The van der Waals surface area contributed by atoms with E-state index in [1.165, 1.54) is 10.4 Å². The molecule has 0 N–H and O–H groups in total. The highest BCUT2D eigenvalue weighted by molar-refractivity contribution is 9.10. The monoisotopic (exact) mass is 323 g/mol. The Morgan fingerprint density at radius 3 is 3.00 bits per heavy atom. The smallest absolute Gasteiger partial charge is 0.258 e. The van der Waals surface area contributed by atoms with E-state index in [4.69, 9.17) is 0 Å². The quantitative estimate of drug-likeness (QED) is 0.541. The van der Waals surface area contributed by atoms with Gasteiger partial charge in [0.15, 0.2) is 0 Å². The van der Waals surface area contributed by atoms with Crippen molar-refractivity contribution in [2.24, 2.45) is 0 Å². The van der Waals surface area contributed by atoms with Gasteiger partial charge < -0.3 is 0 Å². The first-order valence-electron chi connectivity index (χ1n) is 5.65. The molecule has 0 saturated heterocycles. The first-order valence-corrected chi connectivity index (χ1v) is 7.26. The fraction of sp³-hybridized carbons (Fsp3) is 0.231. The molecule has 0 aliphatic heterocycles. The number of fused-ring (bicyclic) bond motifs is 3. The van der Waals surface area contributed by atoms with E-state index in [-0.39, 0.29) is 10.6 Å². The zero-order valence-corrected chi connectivity index (χ0v) is 12.0. The van der Waals surface area contributed by atoms with Gasteiger partial charge >= 0.3 is 0 Å². The van der Waals surface area contributed by atoms with E-state index in [1.807, 2.05) is 6.07 Å². The number of hydrogen-bond donors (Lipinski definition) is 0. The molecule has 1 aromatic heterocycles. The molecule has 5 heteroatoms. The molecule has 3 nitrogen and oxygen atoms in total. The van der Waals surface area contributed by atoms with Crippen molar-refractivity contribution >= 4 is 49.1 Å². The summed E-state index contributed by atoms with van der Waals surface area (Å²) in [5.74, 6) is 0.494. The van der Waals surface area contributed by atoms with Crippen LogP contribution < -0.4 is 0 Å². The van der Waals surface area contributed by atoms with Crippen molar-refractivity contribution in [3.05, 3.63) is 43.2 Å². The zero-order chi connectivity index (χ0) is 12.9. The maximum atomic E-state index is 10.9. The summed E-state index contributed by atoms with van der Waals surface area (Å²) in [4.78, 5) is 11.9. The van der Waals surface area contributed by atoms with E-state index in [2.05, 4.69) is 35.0 Å². The number of thiophene rings is 1. The number of nitro benzene ring substituents is 1. The normalized spacial score (nSPS) is 18.0. The van der Waals surface area contributed by atoms with Gasteiger partial charge in [0.1, 0.15) is 4.47 Å². The van der Waals surface area contributed by atoms with Crippen LogP contribution in [-0.4, -0.2) is 4.92 Å². The molecule has 1 aliphatic rings. The molecule has 1 aromatic carbocycles. The van der Waals surface area contributed by atoms with Gasteiger partial charge in [0.25, 0.3) is 5.69 Å². The number of nitro groups is 1. The van der Waals surface area contributed by atoms with Crippen LogP contribution in [0.3, 0.4) is 0 Å². The standard InChI is InChI=1S/C13H10BrNO2S/c1-7-3-2-4-8-9-5-6-10(15(16)17)11(14)13(9)18-12(7)8/h2,4-7H,3H2,1H3. The largest absolute Gasteiger partial charge is 0.284 e. The summed E-state index contributed by atoms with van der Waals surface area (Å²) in [6, 6.07) is 3.43. The Morgan fingerprint density at radius 2 is 2.28 bits per heavy atom. The number of hydrogen-bond acceptors (Lipinski definition) is 3. The highest BCUT2D eigenvalue weighted by Crippen LogP contribution is 2.45. The van der Waals surface area contributed by atoms with E-state index in [0.29, 0.717) is 10.4 Å². The zero-order valence-electron chi connectivity index (χ0n) is 9.64. The summed E-state index contributed by atoms with van der Waals surface area (Å²) in [7, 11) is 0. The molecule has 0 saturated carbocycles. The fourth-order valence-electron chi connectivity index (χ4n) is 2.33. The van der Waals surface area contributed by atoms with E-state index < -0.39 is 0 Å². The average molecular weight is 324 g/mol. The van der Waals surface area contributed by atoms with Crippen molar-refractivity contribution in [1.82, 2.24) is 0 Å². The SMILES string of the molecule is CC1CC=Cc2c1sc1c(Br)c([N+](=O)[O-])ccc21. The van der Waals surface area contributed by atoms with Gasteiger partial charge in [0, 0.05) is 16.3 Å². The molecule has 1 heterocycles. The maximum absolute atomic E-state index is 10.9. The summed E-state index contributed by atoms with van der Waals surface area (Å²) >= 11 is 5.04. The summed E-state index contributed by atoms with van der Waals surface area (Å²) in [5, 5.41) is 12.0. The van der Waals surface area contributed by atoms with Crippen molar-refractivity contribution in [2.45, 2.75) is 19.3 Å². The van der Waals surface area contributed by atoms with Gasteiger partial charge in [-0.3, -0.25) is 10.1 Å². The van der Waals surface area contributed by atoms with Gasteiger partial charge in [-0.1, -0.05) is 19.1 Å². The molecule has 0 fully saturated rings. The lowest BCUT2D eigenvalue weighted by Gasteiger charge is -2.12. The van der Waals surface area contributed by atoms with Crippen LogP contribution in [0.15, 0.2) is 22.7 Å². The lowest BCUT2D eigenvalue weighted by atomic mass is 9.95. The molecule has 2 aromatic rings. The van der Waals surface area contributed by atoms with Crippen molar-refractivity contribution < 1.29 is 4.92 Å². The third-order valence-corrected chi connectivity index (χ3v) is 5.80. The Kier molecular flexibility index (Phi) is 2.75. The number of nitrogens with zero attached hydrogens (tertiary/aromatic N) is 1. The third kappa shape index (κ3) is 1.61. The second-order valence-corrected chi connectivity index (χ2v) is 6.30. The molecule has 1 atom stereocenters. The Hall–Kier alpha value is -1.20. The van der Waals surface area contributed by atoms with Crippen molar-refractivity contribution in [2.75, 3.05) is 0 Å². The average Bonchev–Trinajstić information content (AvgIpc) is 2.70. The molecule has 0 bridgehead atoms. The van der Waals surface area contributed by atoms with Crippen molar-refractivity contribution in [1.29, 1.82) is 0 Å². The Labute approximate surface area is 116 Å². The van der Waals surface area contributed by atoms with Crippen LogP contribution in [0, 0.1) is 10.1 Å². The fourth-order valence-corrected chi connectivity index (χ4v) is 4.35. The van der Waals surface area contributed by atoms with Crippen LogP contribution in [0.4, 0.5) is 5.69 Å². The minimum absolute atomic E-state index is 0.137. The summed E-state index contributed by atoms with van der Waals surface area (Å²) < 4.78 is 1.58. The molecule has 3 rings (SSSR count). The lowest BCUT2D eigenvalue weighted by Crippen LogP contribution is -1.94. The second-order valence-electron chi connectivity index (χ2n) is 4.45. The molecular weight excluding hydrogens is 314 g/mol. The molecule has 0 spiro atoms. The summed E-state index contributed by atoms with van der Waals surface area (Å²) in [6.07, 6.45) is 5.35. The van der Waals surface area contributed by atoms with Crippen LogP contribution in [0.5, 0.6) is 0 Å². The van der Waals surface area contributed by atoms with Crippen LogP contribution in [0.1, 0.15) is 29.7 Å². The molecule has 18 heavy (non-hydrogen) atoms. The van der Waals surface area contributed by atoms with Gasteiger partial charge in [-0.25, -0.2) is 0 Å². The van der Waals surface area contributed by atoms with Crippen LogP contribution in [0.2, 0.25) is 0 Å². The van der Waals surface area contributed by atoms with Gasteiger partial charge in [-0.2, -0.15) is 0 Å². The van der Waals surface area contributed by atoms with Gasteiger partial charge in [0.05, 0.1) is 9.62 Å². The number of rotatable bonds is 1. The Morgan fingerprint density at radius 1 is 1.50 bits per heavy atom. The highest BCUT2D eigenvalue weighted by Gasteiger charge is 2.23. The molecule has 0 radical (unpaired) electrons. The molecule has 1 unspecified atom stereocenters. The van der Waals surface area contributed by atoms with Crippen LogP contribution >= 0.6 is 27.3 Å². The summed E-state index contributed by atoms with van der Waals surface area (Å²) in [5.41, 5.74) is 1.36. The van der Waals surface area contributed by atoms with Crippen LogP contribution in [0.25, 0.3) is 16.2 Å². The molecule has 1 aliphatic carbocycles. The summed E-state index contributed by atoms with van der Waals surface area (Å²) in [6.45, 7) is 2.19. The lowest BCUT2D eigenvalue weighted by molar-refractivity contribution is -0.385. The topological polar surface area (TPSA) is 43.1 Å². The van der Waals surface area contributed by atoms with E-state index >= 15 is 0 Å². The molecule has 0 amide bonds. The minimum atomic E-state index is -0.346. The third-order valence-electron chi connectivity index (χ3n) is 3.26. The predicted molar refractivity (Wildman–Crippen MR) is 78.2 cm³/mol. The second kappa shape index (κ2) is 4.17. The molecular formula is C13H10BrNO2S. The van der Waals surface area contributed by atoms with Crippen molar-refractivity contribution in [3.63, 3.8) is 0 Å². The van der Waals surface area contributed by atoms with Gasteiger partial charge in [-0.15, -0.1) is 11.3 Å². The predicted octanol–water partition coefficient (Wildman–Crippen LogP) is 5.09. The Balaban J connectivity index is 2.35. The first-order chi connectivity index (χ1) is 8.59. The Bertz CT molecular complexity index is 690. The van der Waals surface area contributed by atoms with E-state index in [1.54, 1.807) is 17.4 Å². The van der Waals surface area contributed by atoms with Crippen molar-refractivity contribution in [3.8, 4) is 0 Å². The number of benzene rings is 1. The first kappa shape index (κ1) is 11.9. The van der Waals surface area contributed by atoms with E-state index in [9.17, 15) is 10.1 Å². The molecule has 92 valence electrons. The van der Waals surface area contributed by atoms with E-state index in [0.717, 1.165) is 16.5 Å². The maximum Gasteiger partial charge on any atom is 0.284 e. The van der Waals surface area contributed by atoms with Gasteiger partial charge in [0.2, 0.25) is 0 Å². The highest BCUT2D eigenvalue weighted by atomic mass is 79.9. The number of halogens is 1. The van der Waals surface area contributed by atoms with Gasteiger partial charge in [-0.05, 0) is 39.9 Å².